The highest BCUT2D eigenvalue weighted by Crippen LogP contribution is 2.30. The normalized spacial score (nSPS) is 19.9. The Bertz CT molecular complexity index is 447. The second kappa shape index (κ2) is 3.80. The van der Waals surface area contributed by atoms with Crippen LogP contribution in [0.2, 0.25) is 0 Å². The maximum Gasteiger partial charge on any atom is 0.0673 e. The second-order valence-electron chi connectivity index (χ2n) is 3.85. The molecule has 0 spiro atoms. The Balaban J connectivity index is 2.06. The Morgan fingerprint density at radius 3 is 2.93 bits per heavy atom. The van der Waals surface area contributed by atoms with E-state index in [1.807, 2.05) is 11.3 Å². The van der Waals surface area contributed by atoms with E-state index < -0.39 is 0 Å². The lowest BCUT2D eigenvalue weighted by molar-refractivity contribution is 0.575. The Morgan fingerprint density at radius 2 is 2.07 bits per heavy atom. The third kappa shape index (κ3) is 1.60. The lowest BCUT2D eigenvalue weighted by atomic mass is 9.93. The van der Waals surface area contributed by atoms with Crippen molar-refractivity contribution in [1.82, 2.24) is 5.32 Å². The molecule has 1 N–H and O–H groups in total. The lowest BCUT2D eigenvalue weighted by Gasteiger charge is -2.26. The van der Waals surface area contributed by atoms with Crippen molar-refractivity contribution >= 4 is 11.3 Å². The molecule has 1 nitrogen and oxygen atoms in total. The number of hydrogen-bond donors (Lipinski definition) is 1. The Morgan fingerprint density at radius 1 is 1.13 bits per heavy atom. The van der Waals surface area contributed by atoms with E-state index in [2.05, 4.69) is 47.1 Å². The highest BCUT2D eigenvalue weighted by Gasteiger charge is 2.20. The van der Waals surface area contributed by atoms with Gasteiger partial charge in [-0.3, -0.25) is 0 Å². The van der Waals surface area contributed by atoms with Gasteiger partial charge in [0.15, 0.2) is 0 Å². The van der Waals surface area contributed by atoms with Crippen molar-refractivity contribution in [2.45, 2.75) is 12.5 Å². The minimum Gasteiger partial charge on any atom is -0.305 e. The molecule has 1 atom stereocenters. The van der Waals surface area contributed by atoms with Crippen molar-refractivity contribution in [2.75, 3.05) is 6.54 Å². The van der Waals surface area contributed by atoms with E-state index in [9.17, 15) is 0 Å². The molecule has 0 amide bonds. The molecule has 0 radical (unpaired) electrons. The summed E-state index contributed by atoms with van der Waals surface area (Å²) in [4.78, 5) is 1.42. The second-order valence-corrected chi connectivity index (χ2v) is 4.83. The number of nitrogens with one attached hydrogen (secondary N) is 1. The van der Waals surface area contributed by atoms with Crippen LogP contribution in [0, 0.1) is 0 Å². The van der Waals surface area contributed by atoms with Crippen molar-refractivity contribution in [3.05, 3.63) is 57.8 Å². The monoisotopic (exact) mass is 215 g/mol. The van der Waals surface area contributed by atoms with Gasteiger partial charge in [0.2, 0.25) is 0 Å². The zero-order valence-corrected chi connectivity index (χ0v) is 9.26. The summed E-state index contributed by atoms with van der Waals surface area (Å²) < 4.78 is 0. The average Bonchev–Trinajstić information content (AvgIpc) is 2.82. The van der Waals surface area contributed by atoms with E-state index in [4.69, 9.17) is 0 Å². The van der Waals surface area contributed by atoms with E-state index in [-0.39, 0.29) is 0 Å². The van der Waals surface area contributed by atoms with Crippen LogP contribution in [-0.4, -0.2) is 6.54 Å². The van der Waals surface area contributed by atoms with Crippen LogP contribution >= 0.6 is 11.3 Å². The van der Waals surface area contributed by atoms with Crippen molar-refractivity contribution in [3.8, 4) is 0 Å². The van der Waals surface area contributed by atoms with Crippen LogP contribution in [0.25, 0.3) is 0 Å². The van der Waals surface area contributed by atoms with Crippen LogP contribution < -0.4 is 5.32 Å². The summed E-state index contributed by atoms with van der Waals surface area (Å²) in [5.41, 5.74) is 2.95. The molecule has 2 heteroatoms. The summed E-state index contributed by atoms with van der Waals surface area (Å²) in [5.74, 6) is 0. The van der Waals surface area contributed by atoms with Crippen LogP contribution in [0.15, 0.2) is 41.8 Å². The molecule has 1 aliphatic heterocycles. The molecule has 0 saturated carbocycles. The van der Waals surface area contributed by atoms with Gasteiger partial charge in [0.25, 0.3) is 0 Å². The van der Waals surface area contributed by atoms with Crippen molar-refractivity contribution in [3.63, 3.8) is 0 Å². The predicted octanol–water partition coefficient (Wildman–Crippen LogP) is 2.98. The predicted molar refractivity (Wildman–Crippen MR) is 64.3 cm³/mol. The van der Waals surface area contributed by atoms with Gasteiger partial charge in [-0.05, 0) is 29.0 Å². The topological polar surface area (TPSA) is 12.0 Å². The lowest BCUT2D eigenvalue weighted by Crippen LogP contribution is -2.29. The van der Waals surface area contributed by atoms with E-state index in [0.29, 0.717) is 6.04 Å². The molecular weight excluding hydrogens is 202 g/mol. The summed E-state index contributed by atoms with van der Waals surface area (Å²) in [6, 6.07) is 13.5. The number of hydrogen-bond acceptors (Lipinski definition) is 2. The van der Waals surface area contributed by atoms with Gasteiger partial charge in [-0.25, -0.2) is 0 Å². The SMILES string of the molecule is c1csc([C@H]2NCCc3ccccc32)c1. The van der Waals surface area contributed by atoms with Crippen molar-refractivity contribution < 1.29 is 0 Å². The quantitative estimate of drug-likeness (QED) is 0.771. The zero-order valence-electron chi connectivity index (χ0n) is 8.44. The molecule has 2 heterocycles. The average molecular weight is 215 g/mol. The number of thiophene rings is 1. The van der Waals surface area contributed by atoms with Gasteiger partial charge < -0.3 is 5.32 Å². The molecule has 0 unspecified atom stereocenters. The molecule has 76 valence electrons. The number of rotatable bonds is 1. The minimum atomic E-state index is 0.412. The van der Waals surface area contributed by atoms with Crippen LogP contribution in [0.3, 0.4) is 0 Å². The first kappa shape index (κ1) is 9.13. The van der Waals surface area contributed by atoms with Gasteiger partial charge in [0, 0.05) is 11.4 Å². The van der Waals surface area contributed by atoms with Gasteiger partial charge in [0.05, 0.1) is 6.04 Å². The summed E-state index contributed by atoms with van der Waals surface area (Å²) in [6.45, 7) is 1.08. The van der Waals surface area contributed by atoms with Gasteiger partial charge in [-0.15, -0.1) is 11.3 Å². The van der Waals surface area contributed by atoms with Crippen molar-refractivity contribution in [2.24, 2.45) is 0 Å². The zero-order chi connectivity index (χ0) is 10.1. The molecule has 1 aromatic carbocycles. The fourth-order valence-corrected chi connectivity index (χ4v) is 3.03. The Kier molecular flexibility index (Phi) is 2.31. The van der Waals surface area contributed by atoms with E-state index in [1.165, 1.54) is 16.0 Å². The Labute approximate surface area is 93.8 Å². The van der Waals surface area contributed by atoms with Crippen LogP contribution in [0.1, 0.15) is 22.0 Å². The summed E-state index contributed by atoms with van der Waals surface area (Å²) in [5, 5.41) is 5.74. The van der Waals surface area contributed by atoms with Gasteiger partial charge >= 0.3 is 0 Å². The molecule has 0 fully saturated rings. The summed E-state index contributed by atoms with van der Waals surface area (Å²) in [7, 11) is 0. The standard InChI is InChI=1S/C13H13NS/c1-2-5-11-10(4-1)7-8-14-13(11)12-6-3-9-15-12/h1-6,9,13-14H,7-8H2/t13-/m0/s1. The molecule has 0 bridgehead atoms. The highest BCUT2D eigenvalue weighted by atomic mass is 32.1. The molecule has 3 rings (SSSR count). The smallest absolute Gasteiger partial charge is 0.0673 e. The molecule has 1 aliphatic rings. The first-order valence-electron chi connectivity index (χ1n) is 5.30. The fraction of sp³-hybridized carbons (Fsp3) is 0.231. The molecule has 0 saturated heterocycles. The van der Waals surface area contributed by atoms with Gasteiger partial charge in [0.1, 0.15) is 0 Å². The van der Waals surface area contributed by atoms with Crippen molar-refractivity contribution in [1.29, 1.82) is 0 Å². The third-order valence-corrected chi connectivity index (χ3v) is 3.87. The molecular formula is C13H13NS. The van der Waals surface area contributed by atoms with E-state index >= 15 is 0 Å². The number of fused-ring (bicyclic) bond motifs is 1. The molecule has 0 aliphatic carbocycles. The summed E-state index contributed by atoms with van der Waals surface area (Å²) >= 11 is 1.83. The maximum atomic E-state index is 3.59. The number of benzene rings is 1. The van der Waals surface area contributed by atoms with E-state index in [0.717, 1.165) is 13.0 Å². The molecule has 15 heavy (non-hydrogen) atoms. The van der Waals surface area contributed by atoms with Gasteiger partial charge in [-0.1, -0.05) is 30.3 Å². The third-order valence-electron chi connectivity index (χ3n) is 2.94. The largest absolute Gasteiger partial charge is 0.305 e. The van der Waals surface area contributed by atoms with Gasteiger partial charge in [-0.2, -0.15) is 0 Å². The van der Waals surface area contributed by atoms with Crippen LogP contribution in [0.4, 0.5) is 0 Å². The van der Waals surface area contributed by atoms with E-state index in [1.54, 1.807) is 0 Å². The maximum absolute atomic E-state index is 3.59. The molecule has 1 aromatic heterocycles. The fourth-order valence-electron chi connectivity index (χ4n) is 2.21. The highest BCUT2D eigenvalue weighted by molar-refractivity contribution is 7.10. The first-order valence-corrected chi connectivity index (χ1v) is 6.18. The minimum absolute atomic E-state index is 0.412. The Hall–Kier alpha value is -1.12. The summed E-state index contributed by atoms with van der Waals surface area (Å²) in [6.07, 6.45) is 1.15. The molecule has 2 aromatic rings. The van der Waals surface area contributed by atoms with Crippen LogP contribution in [0.5, 0.6) is 0 Å². The van der Waals surface area contributed by atoms with Crippen LogP contribution in [-0.2, 0) is 6.42 Å². The first-order chi connectivity index (χ1) is 7.45.